The third-order valence-electron chi connectivity index (χ3n) is 7.13. The maximum absolute atomic E-state index is 14.2. The molecule has 1 aliphatic rings. The number of aromatic nitrogens is 2. The molecule has 10 nitrogen and oxygen atoms in total. The van der Waals surface area contributed by atoms with E-state index in [1.807, 2.05) is 0 Å². The van der Waals surface area contributed by atoms with Crippen molar-refractivity contribution in [2.75, 3.05) is 11.4 Å². The van der Waals surface area contributed by atoms with E-state index >= 15 is 0 Å². The highest BCUT2D eigenvalue weighted by molar-refractivity contribution is 7.87. The van der Waals surface area contributed by atoms with Gasteiger partial charge in [0.1, 0.15) is 17.7 Å². The van der Waals surface area contributed by atoms with Gasteiger partial charge in [-0.1, -0.05) is 36.4 Å². The van der Waals surface area contributed by atoms with Crippen LogP contribution in [0, 0.1) is 5.82 Å². The Labute approximate surface area is 249 Å². The van der Waals surface area contributed by atoms with E-state index in [1.54, 1.807) is 37.3 Å². The molecule has 4 aromatic rings. The van der Waals surface area contributed by atoms with E-state index in [9.17, 15) is 35.6 Å². The smallest absolute Gasteiger partial charge is 0.339 e. The van der Waals surface area contributed by atoms with Crippen molar-refractivity contribution in [2.45, 2.75) is 31.6 Å². The number of halogens is 4. The molecular formula is C29H26F4N6O4S. The van der Waals surface area contributed by atoms with Crippen LogP contribution in [-0.4, -0.2) is 42.6 Å². The van der Waals surface area contributed by atoms with Crippen LogP contribution in [0.2, 0.25) is 0 Å². The second kappa shape index (κ2) is 11.8. The number of hydrogen-bond acceptors (Lipinski definition) is 5. The van der Waals surface area contributed by atoms with Crippen LogP contribution in [0.1, 0.15) is 45.6 Å². The van der Waals surface area contributed by atoms with E-state index in [2.05, 4.69) is 15.1 Å². The lowest BCUT2D eigenvalue weighted by atomic mass is 9.80. The molecule has 5 rings (SSSR count). The molecule has 2 amide bonds. The lowest BCUT2D eigenvalue weighted by Gasteiger charge is -2.38. The van der Waals surface area contributed by atoms with Gasteiger partial charge in [-0.3, -0.25) is 14.5 Å². The van der Waals surface area contributed by atoms with Gasteiger partial charge < -0.3 is 5.32 Å². The maximum Gasteiger partial charge on any atom is 0.416 e. The van der Waals surface area contributed by atoms with Crippen LogP contribution in [0.15, 0.2) is 78.9 Å². The largest absolute Gasteiger partial charge is 0.416 e. The van der Waals surface area contributed by atoms with E-state index in [4.69, 9.17) is 5.14 Å². The highest BCUT2D eigenvalue weighted by Crippen LogP contribution is 2.43. The fourth-order valence-electron chi connectivity index (χ4n) is 5.21. The van der Waals surface area contributed by atoms with Gasteiger partial charge in [-0.05, 0) is 55.0 Å². The zero-order valence-corrected chi connectivity index (χ0v) is 23.9. The number of amides is 2. The Balaban J connectivity index is 1.71. The first-order valence-electron chi connectivity index (χ1n) is 13.3. The number of alkyl halides is 3. The second-order valence-electron chi connectivity index (χ2n) is 9.94. The van der Waals surface area contributed by atoms with Gasteiger partial charge in [0.25, 0.3) is 22.0 Å². The van der Waals surface area contributed by atoms with Crippen LogP contribution < -0.4 is 20.1 Å². The number of nitrogens with one attached hydrogen (secondary N) is 2. The van der Waals surface area contributed by atoms with E-state index in [-0.39, 0.29) is 23.6 Å². The molecule has 0 radical (unpaired) electrons. The van der Waals surface area contributed by atoms with Crippen LogP contribution in [0.4, 0.5) is 23.4 Å². The molecule has 1 aromatic heterocycles. The lowest BCUT2D eigenvalue weighted by Crippen LogP contribution is -2.55. The number of nitrogens with zero attached hydrogens (tertiary/aromatic N) is 3. The van der Waals surface area contributed by atoms with Crippen LogP contribution in [0.5, 0.6) is 0 Å². The van der Waals surface area contributed by atoms with Gasteiger partial charge in [-0.2, -0.15) is 31.4 Å². The summed E-state index contributed by atoms with van der Waals surface area (Å²) >= 11 is 0. The van der Waals surface area contributed by atoms with Gasteiger partial charge in [0, 0.05) is 23.6 Å². The number of hydrogen-bond donors (Lipinski definition) is 3. The summed E-state index contributed by atoms with van der Waals surface area (Å²) in [5.74, 6) is -2.94. The Bertz CT molecular complexity index is 1810. The maximum atomic E-state index is 14.2. The Kier molecular flexibility index (Phi) is 8.29. The summed E-state index contributed by atoms with van der Waals surface area (Å²) < 4.78 is 81.6. The third kappa shape index (κ3) is 6.20. The fourth-order valence-corrected chi connectivity index (χ4v) is 5.55. The highest BCUT2D eigenvalue weighted by atomic mass is 32.2. The minimum atomic E-state index is -4.71. The molecule has 230 valence electrons. The zero-order chi connectivity index (χ0) is 31.8. The van der Waals surface area contributed by atoms with E-state index in [1.165, 1.54) is 27.8 Å². The molecule has 1 aliphatic heterocycles. The number of para-hydroxylation sites is 1. The fraction of sp³-hybridized carbons (Fsp3) is 0.207. The van der Waals surface area contributed by atoms with Crippen molar-refractivity contribution in [3.05, 3.63) is 113 Å². The van der Waals surface area contributed by atoms with Gasteiger partial charge in [0.2, 0.25) is 0 Å². The van der Waals surface area contributed by atoms with Crippen molar-refractivity contribution >= 4 is 27.8 Å². The number of carbonyl (C=O) groups excluding carboxylic acids is 2. The Morgan fingerprint density at radius 2 is 1.70 bits per heavy atom. The second-order valence-corrected chi connectivity index (χ2v) is 11.3. The predicted molar refractivity (Wildman–Crippen MR) is 152 cm³/mol. The minimum Gasteiger partial charge on any atom is -0.339 e. The molecular weight excluding hydrogens is 604 g/mol. The average molecular weight is 631 g/mol. The van der Waals surface area contributed by atoms with Gasteiger partial charge in [0.05, 0.1) is 23.5 Å². The van der Waals surface area contributed by atoms with Crippen LogP contribution in [-0.2, 0) is 27.7 Å². The molecule has 0 fully saturated rings. The number of rotatable bonds is 8. The Morgan fingerprint density at radius 1 is 1.02 bits per heavy atom. The van der Waals surface area contributed by atoms with Crippen molar-refractivity contribution in [2.24, 2.45) is 5.14 Å². The quantitative estimate of drug-likeness (QED) is 0.255. The van der Waals surface area contributed by atoms with Gasteiger partial charge in [-0.25, -0.2) is 14.2 Å². The molecule has 0 spiro atoms. The monoisotopic (exact) mass is 630 g/mol. The number of carbonyl (C=O) groups is 2. The number of nitrogens with two attached hydrogens (primary N) is 1. The molecule has 0 saturated carbocycles. The van der Waals surface area contributed by atoms with Crippen LogP contribution >= 0.6 is 0 Å². The first-order valence-corrected chi connectivity index (χ1v) is 14.8. The number of likely N-dealkylation sites (N-methyl/N-ethyl adjacent to an activating group) is 1. The molecule has 0 unspecified atom stereocenters. The van der Waals surface area contributed by atoms with E-state index in [0.29, 0.717) is 22.9 Å². The third-order valence-corrected chi connectivity index (χ3v) is 7.68. The summed E-state index contributed by atoms with van der Waals surface area (Å²) in [5.41, 5.74) is -0.0239. The first-order chi connectivity index (χ1) is 20.8. The van der Waals surface area contributed by atoms with E-state index in [0.717, 1.165) is 24.3 Å². The van der Waals surface area contributed by atoms with Crippen molar-refractivity contribution in [1.29, 1.82) is 0 Å². The molecule has 15 heteroatoms. The normalized spacial score (nSPS) is 17.0. The summed E-state index contributed by atoms with van der Waals surface area (Å²) in [6.07, 6.45) is -4.71. The SMILES string of the molecule is CCN1C(=O)[C@@H](NC(=O)c2cccc(C(F)(F)F)c2)[C@@H](c2ccc(F)cc2)c2c(CNS(N)(=O)=O)nn(-c3ccccc3)c21. The molecule has 2 atom stereocenters. The Morgan fingerprint density at radius 3 is 2.32 bits per heavy atom. The van der Waals surface area contributed by atoms with Crippen molar-refractivity contribution in [1.82, 2.24) is 19.8 Å². The molecule has 2 heterocycles. The molecule has 44 heavy (non-hydrogen) atoms. The average Bonchev–Trinajstić information content (AvgIpc) is 3.36. The predicted octanol–water partition coefficient (Wildman–Crippen LogP) is 3.62. The van der Waals surface area contributed by atoms with E-state index < -0.39 is 58.1 Å². The number of anilines is 1. The number of benzene rings is 3. The van der Waals surface area contributed by atoms with Crippen LogP contribution in [0.3, 0.4) is 0 Å². The first kappa shape index (κ1) is 30.8. The summed E-state index contributed by atoms with van der Waals surface area (Å²) in [7, 11) is -4.20. The summed E-state index contributed by atoms with van der Waals surface area (Å²) in [6, 6.07) is 16.1. The number of fused-ring (bicyclic) bond motifs is 1. The van der Waals surface area contributed by atoms with Gasteiger partial charge in [-0.15, -0.1) is 0 Å². The highest BCUT2D eigenvalue weighted by Gasteiger charge is 2.46. The summed E-state index contributed by atoms with van der Waals surface area (Å²) in [5, 5.41) is 12.4. The molecule has 3 aromatic carbocycles. The molecule has 0 saturated heterocycles. The lowest BCUT2D eigenvalue weighted by molar-refractivity contribution is -0.137. The zero-order valence-electron chi connectivity index (χ0n) is 23.0. The standard InChI is InChI=1S/C29H26F4N6O4S/c1-2-38-27-24(22(16-35-44(34,42)43)37-39(27)21-9-4-3-5-10-21)23(17-11-13-20(30)14-12-17)25(28(38)41)36-26(40)18-7-6-8-19(15-18)29(31,32)33/h3-15,23,25,35H,2,16H2,1H3,(H,36,40)(H2,34,42,43)/t23-,25-/m0/s1. The van der Waals surface area contributed by atoms with Gasteiger partial charge >= 0.3 is 6.18 Å². The molecule has 0 aliphatic carbocycles. The minimum absolute atomic E-state index is 0.0818. The topological polar surface area (TPSA) is 139 Å². The Hall–Kier alpha value is -4.60. The molecule has 0 bridgehead atoms. The summed E-state index contributed by atoms with van der Waals surface area (Å²) in [6.45, 7) is 1.35. The van der Waals surface area contributed by atoms with Crippen molar-refractivity contribution in [3.63, 3.8) is 0 Å². The van der Waals surface area contributed by atoms with Crippen LogP contribution in [0.25, 0.3) is 5.69 Å². The summed E-state index contributed by atoms with van der Waals surface area (Å²) in [4.78, 5) is 28.9. The van der Waals surface area contributed by atoms with Crippen molar-refractivity contribution in [3.8, 4) is 5.69 Å². The van der Waals surface area contributed by atoms with Gasteiger partial charge in [0.15, 0.2) is 0 Å². The van der Waals surface area contributed by atoms with Crippen molar-refractivity contribution < 1.29 is 35.6 Å². The molecule has 4 N–H and O–H groups in total.